The molecule has 2 rings (SSSR count). The van der Waals surface area contributed by atoms with E-state index in [1.54, 1.807) is 24.3 Å². The lowest BCUT2D eigenvalue weighted by atomic mass is 9.92. The van der Waals surface area contributed by atoms with E-state index in [0.29, 0.717) is 6.04 Å². The summed E-state index contributed by atoms with van der Waals surface area (Å²) in [6.07, 6.45) is 1.75. The lowest BCUT2D eigenvalue weighted by Gasteiger charge is -2.27. The fraction of sp³-hybridized carbons (Fsp3) is 0.467. The summed E-state index contributed by atoms with van der Waals surface area (Å²) in [5.74, 6) is 0.0392. The Labute approximate surface area is 131 Å². The quantitative estimate of drug-likeness (QED) is 0.803. The Hall–Kier alpha value is -1.59. The van der Waals surface area contributed by atoms with Crippen molar-refractivity contribution in [3.63, 3.8) is 0 Å². The average Bonchev–Trinajstić information content (AvgIpc) is 2.40. The minimum atomic E-state index is -0.106. The zero-order chi connectivity index (χ0) is 14.5. The molecule has 0 saturated carbocycles. The molecule has 0 radical (unpaired) electrons. The van der Waals surface area contributed by atoms with Gasteiger partial charge >= 0.3 is 0 Å². The number of halogens is 1. The Kier molecular flexibility index (Phi) is 6.65. The molecule has 21 heavy (non-hydrogen) atoms. The summed E-state index contributed by atoms with van der Waals surface area (Å²) in [6, 6.07) is 7.55. The van der Waals surface area contributed by atoms with Crippen LogP contribution in [0.5, 0.6) is 0 Å². The normalized spacial score (nSPS) is 21.0. The second-order valence-electron chi connectivity index (χ2n) is 5.32. The lowest BCUT2D eigenvalue weighted by molar-refractivity contribution is -0.121. The Morgan fingerprint density at radius 1 is 1.14 bits per heavy atom. The molecule has 1 saturated heterocycles. The van der Waals surface area contributed by atoms with Gasteiger partial charge in [-0.15, -0.1) is 12.4 Å². The molecule has 0 unspecified atom stereocenters. The van der Waals surface area contributed by atoms with Crippen molar-refractivity contribution in [2.24, 2.45) is 5.92 Å². The molecule has 1 heterocycles. The molecule has 1 aromatic rings. The van der Waals surface area contributed by atoms with Crippen molar-refractivity contribution in [1.82, 2.24) is 5.32 Å². The molecule has 2 atom stereocenters. The van der Waals surface area contributed by atoms with Crippen molar-refractivity contribution in [2.75, 3.05) is 17.2 Å². The molecule has 0 aliphatic carbocycles. The van der Waals surface area contributed by atoms with E-state index in [0.717, 1.165) is 30.8 Å². The van der Waals surface area contributed by atoms with Crippen LogP contribution in [0.3, 0.4) is 0 Å². The van der Waals surface area contributed by atoms with Gasteiger partial charge < -0.3 is 16.0 Å². The maximum Gasteiger partial charge on any atom is 0.227 e. The number of hydrogen-bond acceptors (Lipinski definition) is 3. The summed E-state index contributed by atoms with van der Waals surface area (Å²) >= 11 is 0. The Balaban J connectivity index is 0.00000220. The first-order chi connectivity index (χ1) is 9.54. The first-order valence-electron chi connectivity index (χ1n) is 6.96. The van der Waals surface area contributed by atoms with E-state index in [4.69, 9.17) is 0 Å². The third-order valence-electron chi connectivity index (χ3n) is 3.47. The predicted octanol–water partition coefficient (Wildman–Crippen LogP) is 2.39. The molecule has 1 fully saturated rings. The number of benzene rings is 1. The second-order valence-corrected chi connectivity index (χ2v) is 5.32. The summed E-state index contributed by atoms with van der Waals surface area (Å²) in [5, 5.41) is 8.96. The van der Waals surface area contributed by atoms with E-state index in [9.17, 15) is 9.59 Å². The SMILES string of the molecule is CC(=O)Nc1ccc(NC(=O)[C@H]2CCN[C@@H](C)C2)cc1.Cl. The molecule has 1 aromatic carbocycles. The third-order valence-corrected chi connectivity index (χ3v) is 3.47. The minimum Gasteiger partial charge on any atom is -0.326 e. The van der Waals surface area contributed by atoms with Crippen LogP contribution in [-0.4, -0.2) is 24.4 Å². The Bertz CT molecular complexity index is 490. The molecule has 0 spiro atoms. The maximum absolute atomic E-state index is 12.2. The number of nitrogens with one attached hydrogen (secondary N) is 3. The second kappa shape index (κ2) is 8.00. The van der Waals surface area contributed by atoms with Crippen LogP contribution in [0.4, 0.5) is 11.4 Å². The highest BCUT2D eigenvalue weighted by atomic mass is 35.5. The largest absolute Gasteiger partial charge is 0.326 e. The van der Waals surface area contributed by atoms with Crippen molar-refractivity contribution in [1.29, 1.82) is 0 Å². The van der Waals surface area contributed by atoms with Crippen molar-refractivity contribution in [2.45, 2.75) is 32.7 Å². The molecule has 3 N–H and O–H groups in total. The topological polar surface area (TPSA) is 70.2 Å². The molecule has 1 aliphatic heterocycles. The summed E-state index contributed by atoms with van der Waals surface area (Å²) in [4.78, 5) is 23.1. The van der Waals surface area contributed by atoms with E-state index >= 15 is 0 Å². The van der Waals surface area contributed by atoms with Gasteiger partial charge in [-0.1, -0.05) is 0 Å². The van der Waals surface area contributed by atoms with Crippen LogP contribution in [-0.2, 0) is 9.59 Å². The zero-order valence-corrected chi connectivity index (χ0v) is 13.1. The van der Waals surface area contributed by atoms with Crippen molar-refractivity contribution < 1.29 is 9.59 Å². The molecule has 116 valence electrons. The van der Waals surface area contributed by atoms with Gasteiger partial charge in [0.1, 0.15) is 0 Å². The smallest absolute Gasteiger partial charge is 0.227 e. The van der Waals surface area contributed by atoms with Gasteiger partial charge in [-0.2, -0.15) is 0 Å². The summed E-state index contributed by atoms with van der Waals surface area (Å²) in [7, 11) is 0. The van der Waals surface area contributed by atoms with Gasteiger partial charge in [0, 0.05) is 30.3 Å². The van der Waals surface area contributed by atoms with Gasteiger partial charge in [-0.3, -0.25) is 9.59 Å². The van der Waals surface area contributed by atoms with Crippen LogP contribution < -0.4 is 16.0 Å². The third kappa shape index (κ3) is 5.36. The summed E-state index contributed by atoms with van der Waals surface area (Å²) < 4.78 is 0. The van der Waals surface area contributed by atoms with Crippen LogP contribution in [0.15, 0.2) is 24.3 Å². The van der Waals surface area contributed by atoms with E-state index in [1.807, 2.05) is 0 Å². The first-order valence-corrected chi connectivity index (χ1v) is 6.96. The van der Waals surface area contributed by atoms with Crippen LogP contribution in [0, 0.1) is 5.92 Å². The van der Waals surface area contributed by atoms with Crippen LogP contribution in [0.1, 0.15) is 26.7 Å². The van der Waals surface area contributed by atoms with E-state index in [2.05, 4.69) is 22.9 Å². The number of amides is 2. The predicted molar refractivity (Wildman–Crippen MR) is 86.8 cm³/mol. The summed E-state index contributed by atoms with van der Waals surface area (Å²) in [5.41, 5.74) is 1.49. The van der Waals surface area contributed by atoms with Gasteiger partial charge in [-0.25, -0.2) is 0 Å². The maximum atomic E-state index is 12.2. The first kappa shape index (κ1) is 17.5. The number of carbonyl (C=O) groups is 2. The fourth-order valence-corrected chi connectivity index (χ4v) is 2.45. The van der Waals surface area contributed by atoms with Gasteiger partial charge in [-0.05, 0) is 50.6 Å². The van der Waals surface area contributed by atoms with Crippen molar-refractivity contribution in [3.05, 3.63) is 24.3 Å². The number of hydrogen-bond donors (Lipinski definition) is 3. The molecule has 6 heteroatoms. The van der Waals surface area contributed by atoms with Gasteiger partial charge in [0.25, 0.3) is 0 Å². The van der Waals surface area contributed by atoms with E-state index in [-0.39, 0.29) is 30.1 Å². The number of anilines is 2. The van der Waals surface area contributed by atoms with Crippen LogP contribution >= 0.6 is 12.4 Å². The van der Waals surface area contributed by atoms with Gasteiger partial charge in [0.15, 0.2) is 0 Å². The van der Waals surface area contributed by atoms with E-state index < -0.39 is 0 Å². The minimum absolute atomic E-state index is 0. The van der Waals surface area contributed by atoms with E-state index in [1.165, 1.54) is 6.92 Å². The fourth-order valence-electron chi connectivity index (χ4n) is 2.45. The van der Waals surface area contributed by atoms with Crippen LogP contribution in [0.2, 0.25) is 0 Å². The summed E-state index contributed by atoms with van der Waals surface area (Å²) in [6.45, 7) is 4.45. The molecule has 5 nitrogen and oxygen atoms in total. The average molecular weight is 312 g/mol. The molecular formula is C15H22ClN3O2. The number of rotatable bonds is 3. The standard InChI is InChI=1S/C15H21N3O2.ClH/c1-10-9-12(7-8-16-10)15(20)18-14-5-3-13(4-6-14)17-11(2)19;/h3-6,10,12,16H,7-9H2,1-2H3,(H,17,19)(H,18,20);1H/t10-,12-;/m0./s1. The lowest BCUT2D eigenvalue weighted by Crippen LogP contribution is -2.40. The molecule has 2 amide bonds. The highest BCUT2D eigenvalue weighted by molar-refractivity contribution is 5.93. The monoisotopic (exact) mass is 311 g/mol. The highest BCUT2D eigenvalue weighted by Crippen LogP contribution is 2.19. The molecule has 0 bridgehead atoms. The van der Waals surface area contributed by atoms with Crippen molar-refractivity contribution in [3.8, 4) is 0 Å². The highest BCUT2D eigenvalue weighted by Gasteiger charge is 2.24. The zero-order valence-electron chi connectivity index (χ0n) is 12.3. The van der Waals surface area contributed by atoms with Crippen LogP contribution in [0.25, 0.3) is 0 Å². The Morgan fingerprint density at radius 2 is 1.71 bits per heavy atom. The molecule has 0 aromatic heterocycles. The van der Waals surface area contributed by atoms with Crippen molar-refractivity contribution >= 4 is 35.6 Å². The van der Waals surface area contributed by atoms with Gasteiger partial charge in [0.05, 0.1) is 0 Å². The van der Waals surface area contributed by atoms with Gasteiger partial charge in [0.2, 0.25) is 11.8 Å². The number of carbonyl (C=O) groups excluding carboxylic acids is 2. The number of piperidine rings is 1. The molecular weight excluding hydrogens is 290 g/mol. The Morgan fingerprint density at radius 3 is 2.24 bits per heavy atom. The molecule has 1 aliphatic rings.